The molecule has 0 N–H and O–H groups in total. The molecule has 0 fully saturated rings. The van der Waals surface area contributed by atoms with Gasteiger partial charge in [0.05, 0.1) is 12.4 Å². The molecule has 1 aromatic heterocycles. The molecule has 0 aliphatic heterocycles. The van der Waals surface area contributed by atoms with Crippen LogP contribution < -0.4 is 0 Å². The van der Waals surface area contributed by atoms with Gasteiger partial charge in [0.25, 0.3) is 0 Å². The maximum atomic E-state index is 12.3. The molecule has 1 rings (SSSR count). The minimum Gasteiger partial charge on any atom is -0.295 e. The summed E-state index contributed by atoms with van der Waals surface area (Å²) in [5, 5.41) is 0. The normalized spacial score (nSPS) is 10.5. The van der Waals surface area contributed by atoms with Gasteiger partial charge in [0.15, 0.2) is 17.4 Å². The van der Waals surface area contributed by atoms with Crippen LogP contribution in [0.15, 0.2) is 18.5 Å². The Hall–Kier alpha value is -1.58. The molecule has 0 saturated carbocycles. The Morgan fingerprint density at radius 2 is 2.08 bits per heavy atom. The summed E-state index contributed by atoms with van der Waals surface area (Å²) in [7, 11) is 0. The fourth-order valence-corrected chi connectivity index (χ4v) is 0.600. The van der Waals surface area contributed by atoms with Crippen molar-refractivity contribution in [1.29, 1.82) is 0 Å². The van der Waals surface area contributed by atoms with E-state index in [9.17, 15) is 9.18 Å². The Balaban J connectivity index is 2.77. The monoisotopic (exact) mass is 166 g/mol. The van der Waals surface area contributed by atoms with E-state index < -0.39 is 5.82 Å². The summed E-state index contributed by atoms with van der Waals surface area (Å²) >= 11 is 0. The molecule has 4 heteroatoms. The van der Waals surface area contributed by atoms with Gasteiger partial charge in [0, 0.05) is 0 Å². The molecule has 0 unspecified atom stereocenters. The quantitative estimate of drug-likeness (QED) is 0.620. The fourth-order valence-electron chi connectivity index (χ4n) is 0.600. The smallest absolute Gasteiger partial charge is 0.159 e. The lowest BCUT2D eigenvalue weighted by Gasteiger charge is -1.89. The molecule has 1 heterocycles. The van der Waals surface area contributed by atoms with Crippen molar-refractivity contribution in [2.45, 2.75) is 6.92 Å². The summed E-state index contributed by atoms with van der Waals surface area (Å²) in [5.41, 5.74) is 0. The lowest BCUT2D eigenvalue weighted by molar-refractivity contribution is -0.112. The van der Waals surface area contributed by atoms with E-state index in [0.29, 0.717) is 5.82 Å². The predicted octanol–water partition coefficient (Wildman–Crippen LogP) is 1.22. The average Bonchev–Trinajstić information content (AvgIpc) is 2.03. The Morgan fingerprint density at radius 1 is 1.50 bits per heavy atom. The molecule has 0 amide bonds. The second-order valence-corrected chi connectivity index (χ2v) is 2.20. The van der Waals surface area contributed by atoms with E-state index in [1.165, 1.54) is 19.1 Å². The summed E-state index contributed by atoms with van der Waals surface area (Å²) in [5.74, 6) is -0.260. The first kappa shape index (κ1) is 8.52. The molecule has 0 radical (unpaired) electrons. The molecule has 12 heavy (non-hydrogen) atoms. The minimum absolute atomic E-state index is 0.0945. The fraction of sp³-hybridized carbons (Fsp3) is 0.125. The van der Waals surface area contributed by atoms with Crippen molar-refractivity contribution >= 4 is 11.9 Å². The van der Waals surface area contributed by atoms with E-state index in [1.807, 2.05) is 0 Å². The van der Waals surface area contributed by atoms with Crippen molar-refractivity contribution in [2.24, 2.45) is 0 Å². The first-order valence-electron chi connectivity index (χ1n) is 3.34. The van der Waals surface area contributed by atoms with Crippen molar-refractivity contribution in [1.82, 2.24) is 9.97 Å². The van der Waals surface area contributed by atoms with E-state index in [-0.39, 0.29) is 5.78 Å². The highest BCUT2D eigenvalue weighted by Crippen LogP contribution is 1.95. The summed E-state index contributed by atoms with van der Waals surface area (Å²) in [6, 6.07) is 0. The standard InChI is InChI=1S/C8H7FN2O/c1-6(12)2-3-8-10-4-7(9)5-11-8/h2-5H,1H3. The highest BCUT2D eigenvalue weighted by molar-refractivity contribution is 5.90. The van der Waals surface area contributed by atoms with Crippen LogP contribution in [0.4, 0.5) is 4.39 Å². The first-order chi connectivity index (χ1) is 5.68. The minimum atomic E-state index is -0.491. The van der Waals surface area contributed by atoms with E-state index in [0.717, 1.165) is 12.4 Å². The number of carbonyl (C=O) groups is 1. The van der Waals surface area contributed by atoms with Crippen molar-refractivity contribution in [3.05, 3.63) is 30.1 Å². The number of ketones is 1. The molecular formula is C8H7FN2O. The Morgan fingerprint density at radius 3 is 2.58 bits per heavy atom. The van der Waals surface area contributed by atoms with Crippen molar-refractivity contribution < 1.29 is 9.18 Å². The van der Waals surface area contributed by atoms with Crippen molar-refractivity contribution in [3.63, 3.8) is 0 Å². The van der Waals surface area contributed by atoms with Crippen LogP contribution in [-0.4, -0.2) is 15.8 Å². The third kappa shape index (κ3) is 2.57. The maximum Gasteiger partial charge on any atom is 0.159 e. The van der Waals surface area contributed by atoms with Crippen molar-refractivity contribution in [3.8, 4) is 0 Å². The molecule has 0 saturated heterocycles. The molecule has 0 bridgehead atoms. The number of hydrogen-bond acceptors (Lipinski definition) is 3. The Kier molecular flexibility index (Phi) is 2.63. The number of halogens is 1. The number of allylic oxidation sites excluding steroid dienone is 1. The van der Waals surface area contributed by atoms with Gasteiger partial charge in [-0.15, -0.1) is 0 Å². The van der Waals surface area contributed by atoms with Gasteiger partial charge in [-0.05, 0) is 19.1 Å². The van der Waals surface area contributed by atoms with Crippen LogP contribution in [0.25, 0.3) is 6.08 Å². The summed E-state index contributed by atoms with van der Waals surface area (Å²) in [6.07, 6.45) is 4.86. The van der Waals surface area contributed by atoms with Gasteiger partial charge in [0.1, 0.15) is 0 Å². The molecule has 0 aromatic carbocycles. The van der Waals surface area contributed by atoms with Gasteiger partial charge < -0.3 is 0 Å². The molecular weight excluding hydrogens is 159 g/mol. The van der Waals surface area contributed by atoms with Gasteiger partial charge in [-0.2, -0.15) is 0 Å². The van der Waals surface area contributed by atoms with E-state index in [2.05, 4.69) is 9.97 Å². The highest BCUT2D eigenvalue weighted by Gasteiger charge is 1.91. The summed E-state index contributed by atoms with van der Waals surface area (Å²) < 4.78 is 12.3. The Labute approximate surface area is 69.0 Å². The zero-order chi connectivity index (χ0) is 8.97. The molecule has 1 aromatic rings. The van der Waals surface area contributed by atoms with E-state index in [4.69, 9.17) is 0 Å². The molecule has 62 valence electrons. The third-order valence-electron chi connectivity index (χ3n) is 1.11. The topological polar surface area (TPSA) is 42.9 Å². The third-order valence-corrected chi connectivity index (χ3v) is 1.11. The van der Waals surface area contributed by atoms with Gasteiger partial charge >= 0.3 is 0 Å². The van der Waals surface area contributed by atoms with Gasteiger partial charge in [-0.25, -0.2) is 14.4 Å². The highest BCUT2D eigenvalue weighted by atomic mass is 19.1. The number of hydrogen-bond donors (Lipinski definition) is 0. The van der Waals surface area contributed by atoms with Crippen LogP contribution in [0.1, 0.15) is 12.7 Å². The van der Waals surface area contributed by atoms with Crippen LogP contribution in [0, 0.1) is 5.82 Å². The lowest BCUT2D eigenvalue weighted by atomic mass is 10.4. The lowest BCUT2D eigenvalue weighted by Crippen LogP contribution is -1.88. The van der Waals surface area contributed by atoms with Crippen LogP contribution in [0.5, 0.6) is 0 Å². The molecule has 3 nitrogen and oxygen atoms in total. The van der Waals surface area contributed by atoms with Crippen LogP contribution in [0.3, 0.4) is 0 Å². The number of carbonyl (C=O) groups excluding carboxylic acids is 1. The molecule has 0 aliphatic carbocycles. The van der Waals surface area contributed by atoms with E-state index in [1.54, 1.807) is 0 Å². The predicted molar refractivity (Wildman–Crippen MR) is 41.7 cm³/mol. The van der Waals surface area contributed by atoms with E-state index >= 15 is 0 Å². The second kappa shape index (κ2) is 3.71. The van der Waals surface area contributed by atoms with Gasteiger partial charge in [0.2, 0.25) is 0 Å². The molecule has 0 atom stereocenters. The largest absolute Gasteiger partial charge is 0.295 e. The molecule has 0 aliphatic rings. The average molecular weight is 166 g/mol. The van der Waals surface area contributed by atoms with Gasteiger partial charge in [-0.1, -0.05) is 0 Å². The number of rotatable bonds is 2. The zero-order valence-electron chi connectivity index (χ0n) is 6.49. The van der Waals surface area contributed by atoms with Gasteiger partial charge in [-0.3, -0.25) is 4.79 Å². The second-order valence-electron chi connectivity index (χ2n) is 2.20. The summed E-state index contributed by atoms with van der Waals surface area (Å²) in [4.78, 5) is 17.7. The maximum absolute atomic E-state index is 12.3. The zero-order valence-corrected chi connectivity index (χ0v) is 6.49. The van der Waals surface area contributed by atoms with Crippen LogP contribution >= 0.6 is 0 Å². The SMILES string of the molecule is CC(=O)C=Cc1ncc(F)cn1. The summed E-state index contributed by atoms with van der Waals surface area (Å²) in [6.45, 7) is 1.42. The number of aromatic nitrogens is 2. The first-order valence-corrected chi connectivity index (χ1v) is 3.34. The van der Waals surface area contributed by atoms with Crippen LogP contribution in [0.2, 0.25) is 0 Å². The van der Waals surface area contributed by atoms with Crippen molar-refractivity contribution in [2.75, 3.05) is 0 Å². The molecule has 0 spiro atoms. The van der Waals surface area contributed by atoms with Crippen LogP contribution in [-0.2, 0) is 4.79 Å². The Bertz CT molecular complexity index is 305. The number of nitrogens with zero attached hydrogens (tertiary/aromatic N) is 2.